The summed E-state index contributed by atoms with van der Waals surface area (Å²) in [7, 11) is 0. The molecule has 0 aliphatic heterocycles. The molecule has 0 nitrogen and oxygen atoms in total. The summed E-state index contributed by atoms with van der Waals surface area (Å²) in [5.41, 5.74) is 5.15. The fourth-order valence-electron chi connectivity index (χ4n) is 2.16. The van der Waals surface area contributed by atoms with Gasteiger partial charge in [0.15, 0.2) is 0 Å². The molecular weight excluding hydrogens is 507 g/mol. The van der Waals surface area contributed by atoms with Crippen LogP contribution in [0.1, 0.15) is 0 Å². The van der Waals surface area contributed by atoms with E-state index in [4.69, 9.17) is 0 Å². The van der Waals surface area contributed by atoms with Crippen molar-refractivity contribution in [3.05, 3.63) is 93.7 Å². The van der Waals surface area contributed by atoms with E-state index >= 15 is 0 Å². The standard InChI is InChI=1S/C17H13.2CH3.2BrH.H2Si.Zr/c1-3-8-14(9-4-1)16-12-7-13-17(16)15-10-5-2-6-11-15;;;;;;/h1-13H;2*1H3;2*1H;1H2;/q3*-1;;;;. The molecule has 23 heavy (non-hydrogen) atoms. The third-order valence-corrected chi connectivity index (χ3v) is 2.99. The molecule has 0 heterocycles. The molecule has 0 aromatic heterocycles. The van der Waals surface area contributed by atoms with Crippen molar-refractivity contribution < 1.29 is 23.3 Å². The Morgan fingerprint density at radius 2 is 1.13 bits per heavy atom. The van der Waals surface area contributed by atoms with Gasteiger partial charge < -0.3 is 14.9 Å². The van der Waals surface area contributed by atoms with E-state index in [2.05, 4.69) is 78.9 Å². The topological polar surface area (TPSA) is 0 Å². The second-order valence-corrected chi connectivity index (χ2v) is 4.09. The van der Waals surface area contributed by atoms with E-state index in [9.17, 15) is 0 Å². The number of hydrogen-bond donors (Lipinski definition) is 0. The van der Waals surface area contributed by atoms with Gasteiger partial charge in [0.1, 0.15) is 0 Å². The van der Waals surface area contributed by atoms with E-state index in [1.807, 2.05) is 6.88 Å². The van der Waals surface area contributed by atoms with Gasteiger partial charge in [-0.1, -0.05) is 65.2 Å². The van der Waals surface area contributed by atoms with Gasteiger partial charge in [0, 0.05) is 0 Å². The van der Waals surface area contributed by atoms with Crippen LogP contribution in [0, 0.1) is 14.9 Å². The smallest absolute Gasteiger partial charge is 0.0633 e. The minimum atomic E-state index is 0. The van der Waals surface area contributed by atoms with Crippen molar-refractivity contribution >= 4 is 40.8 Å². The molecule has 0 radical (unpaired) electrons. The van der Waals surface area contributed by atoms with Crippen LogP contribution in [-0.4, -0.2) is 6.88 Å². The van der Waals surface area contributed by atoms with Crippen molar-refractivity contribution in [1.29, 1.82) is 0 Å². The van der Waals surface area contributed by atoms with Crippen molar-refractivity contribution in [3.8, 4) is 22.3 Å². The molecule has 0 spiro atoms. The van der Waals surface area contributed by atoms with Gasteiger partial charge in [-0.2, -0.15) is 0 Å². The van der Waals surface area contributed by atoms with Gasteiger partial charge in [0.05, 0.1) is 0 Å². The van der Waals surface area contributed by atoms with Crippen molar-refractivity contribution in [2.75, 3.05) is 0 Å². The van der Waals surface area contributed by atoms with Crippen LogP contribution < -0.4 is 0 Å². The molecule has 3 aromatic carbocycles. The van der Waals surface area contributed by atoms with Crippen LogP contribution in [0.5, 0.6) is 0 Å². The maximum absolute atomic E-state index is 2.18. The minimum Gasteiger partial charge on any atom is -0.136 e. The Morgan fingerprint density at radius 3 is 1.65 bits per heavy atom. The first kappa shape index (κ1) is 27.7. The number of rotatable bonds is 2. The zero-order valence-corrected chi connectivity index (χ0v) is 20.8. The second kappa shape index (κ2) is 15.4. The largest absolute Gasteiger partial charge is 0.136 e. The molecule has 0 saturated carbocycles. The summed E-state index contributed by atoms with van der Waals surface area (Å²) in [5.74, 6) is 0. The third-order valence-electron chi connectivity index (χ3n) is 2.99. The third kappa shape index (κ3) is 7.51. The summed E-state index contributed by atoms with van der Waals surface area (Å²) in [6, 6.07) is 27.5. The van der Waals surface area contributed by atoms with Crippen molar-refractivity contribution in [2.24, 2.45) is 0 Å². The second-order valence-electron chi connectivity index (χ2n) is 4.09. The first-order chi connectivity index (χ1) is 9.45. The van der Waals surface area contributed by atoms with Gasteiger partial charge in [0.2, 0.25) is 0 Å². The Balaban J connectivity index is -0.000000643. The molecule has 0 bridgehead atoms. The summed E-state index contributed by atoms with van der Waals surface area (Å²) < 4.78 is 0. The van der Waals surface area contributed by atoms with Gasteiger partial charge in [-0.05, 0) is 0 Å². The fourth-order valence-corrected chi connectivity index (χ4v) is 2.16. The first-order valence-electron chi connectivity index (χ1n) is 6.17. The van der Waals surface area contributed by atoms with E-state index in [0.29, 0.717) is 0 Å². The average molecular weight is 531 g/mol. The molecular formula is C19H23Br2SiZr-3. The molecule has 0 atom stereocenters. The van der Waals surface area contributed by atoms with Crippen LogP contribution in [-0.2, 0) is 23.3 Å². The summed E-state index contributed by atoms with van der Waals surface area (Å²) in [5, 5.41) is 0. The Kier molecular flexibility index (Phi) is 18.5. The number of halogens is 2. The Bertz CT molecular complexity index is 570. The van der Waals surface area contributed by atoms with Crippen LogP contribution in [0.2, 0.25) is 0 Å². The van der Waals surface area contributed by atoms with Gasteiger partial charge >= 0.3 is 30.2 Å². The average Bonchev–Trinajstić information content (AvgIpc) is 3.01. The van der Waals surface area contributed by atoms with Gasteiger partial charge in [0.25, 0.3) is 0 Å². The van der Waals surface area contributed by atoms with Crippen molar-refractivity contribution in [3.63, 3.8) is 0 Å². The Hall–Kier alpha value is -0.150. The molecule has 0 amide bonds. The molecule has 3 aromatic rings. The molecule has 4 heteroatoms. The monoisotopic (exact) mass is 527 g/mol. The summed E-state index contributed by atoms with van der Waals surface area (Å²) in [6.45, 7) is 1.95. The van der Waals surface area contributed by atoms with Crippen molar-refractivity contribution in [2.45, 2.75) is 0 Å². The van der Waals surface area contributed by atoms with Crippen LogP contribution in [0.3, 0.4) is 0 Å². The molecule has 0 aliphatic carbocycles. The summed E-state index contributed by atoms with van der Waals surface area (Å²) in [4.78, 5) is 0. The SMILES string of the molecule is Br.Br.[CH3-].[CH3-].[SiH2]=[Zr].c1ccc(-c2ccc[c-]2-c2ccccc2)cc1. The van der Waals surface area contributed by atoms with Gasteiger partial charge in [-0.25, -0.2) is 0 Å². The zero-order valence-electron chi connectivity index (χ0n) is 13.5. The van der Waals surface area contributed by atoms with E-state index in [-0.39, 0.29) is 48.8 Å². The van der Waals surface area contributed by atoms with Crippen LogP contribution >= 0.6 is 34.0 Å². The van der Waals surface area contributed by atoms with Crippen LogP contribution in [0.4, 0.5) is 0 Å². The molecule has 0 saturated heterocycles. The predicted molar refractivity (Wildman–Crippen MR) is 115 cm³/mol. The van der Waals surface area contributed by atoms with Crippen LogP contribution in [0.15, 0.2) is 78.9 Å². The fraction of sp³-hybridized carbons (Fsp3) is 0. The van der Waals surface area contributed by atoms with Crippen molar-refractivity contribution in [1.82, 2.24) is 0 Å². The summed E-state index contributed by atoms with van der Waals surface area (Å²) in [6.07, 6.45) is 0. The first-order valence-corrected chi connectivity index (χ1v) is 12.1. The molecule has 0 N–H and O–H groups in total. The Morgan fingerprint density at radius 1 is 0.652 bits per heavy atom. The molecule has 3 rings (SSSR count). The van der Waals surface area contributed by atoms with E-state index in [0.717, 1.165) is 0 Å². The molecule has 0 unspecified atom stereocenters. The maximum Gasteiger partial charge on any atom is -0.0633 e. The number of hydrogen-bond acceptors (Lipinski definition) is 0. The molecule has 124 valence electrons. The quantitative estimate of drug-likeness (QED) is 0.287. The number of benzene rings is 2. The van der Waals surface area contributed by atoms with Gasteiger partial charge in [-0.15, -0.1) is 69.9 Å². The minimum absolute atomic E-state index is 0. The zero-order chi connectivity index (χ0) is 13.5. The van der Waals surface area contributed by atoms with Gasteiger partial charge in [-0.3, -0.25) is 0 Å². The van der Waals surface area contributed by atoms with Crippen LogP contribution in [0.25, 0.3) is 22.3 Å². The molecule has 0 fully saturated rings. The summed E-state index contributed by atoms with van der Waals surface area (Å²) >= 11 is 1.58. The van der Waals surface area contributed by atoms with E-state index < -0.39 is 0 Å². The maximum atomic E-state index is 2.18. The molecule has 0 aliphatic rings. The Labute approximate surface area is 178 Å². The van der Waals surface area contributed by atoms with E-state index in [1.54, 1.807) is 23.3 Å². The normalized spacial score (nSPS) is 7.78. The predicted octanol–water partition coefficient (Wildman–Crippen LogP) is 5.88. The van der Waals surface area contributed by atoms with E-state index in [1.165, 1.54) is 22.3 Å².